The predicted molar refractivity (Wildman–Crippen MR) is 207 cm³/mol. The molecular weight excluding hydrogens is 673 g/mol. The van der Waals surface area contributed by atoms with Crippen LogP contribution in [-0.4, -0.2) is 51.5 Å². The molecule has 9 nitrogen and oxygen atoms in total. The van der Waals surface area contributed by atoms with Crippen LogP contribution >= 0.6 is 11.3 Å². The summed E-state index contributed by atoms with van der Waals surface area (Å²) in [7, 11) is 0. The number of carbonyl (C=O) groups is 3. The van der Waals surface area contributed by atoms with Crippen LogP contribution in [0, 0.1) is 5.92 Å². The van der Waals surface area contributed by atoms with Gasteiger partial charge in [0.15, 0.2) is 5.82 Å². The topological polar surface area (TPSA) is 131 Å². The Bertz CT molecular complexity index is 1960. The number of aromatic nitrogens is 2. The normalized spacial score (nSPS) is 12.6. The van der Waals surface area contributed by atoms with Crippen molar-refractivity contribution in [3.8, 4) is 39.4 Å². The Labute approximate surface area is 309 Å². The molecule has 2 aromatic heterocycles. The molecule has 0 saturated heterocycles. The predicted octanol–water partition coefficient (Wildman–Crippen LogP) is 8.19. The zero-order valence-electron chi connectivity index (χ0n) is 30.5. The molecule has 0 aliphatic heterocycles. The third-order valence-electron chi connectivity index (χ3n) is 8.59. The molecule has 3 aromatic carbocycles. The summed E-state index contributed by atoms with van der Waals surface area (Å²) < 4.78 is 5.85. The van der Waals surface area contributed by atoms with Crippen molar-refractivity contribution in [3.63, 3.8) is 0 Å². The lowest BCUT2D eigenvalue weighted by molar-refractivity contribution is -0.141. The first-order valence-electron chi connectivity index (χ1n) is 17.5. The van der Waals surface area contributed by atoms with Gasteiger partial charge in [-0.25, -0.2) is 9.97 Å². The first kappa shape index (κ1) is 37.9. The molecule has 0 saturated carbocycles. The van der Waals surface area contributed by atoms with Gasteiger partial charge in [-0.1, -0.05) is 95.3 Å². The quantitative estimate of drug-likeness (QED) is 0.106. The molecule has 0 unspecified atom stereocenters. The number of carboxylic acids is 1. The Morgan fingerprint density at radius 1 is 0.750 bits per heavy atom. The van der Waals surface area contributed by atoms with E-state index in [4.69, 9.17) is 4.74 Å². The average Bonchev–Trinajstić information content (AvgIpc) is 3.64. The van der Waals surface area contributed by atoms with Crippen molar-refractivity contribution in [2.24, 2.45) is 5.92 Å². The number of hydrogen-bond donors (Lipinski definition) is 3. The molecule has 2 amide bonds. The number of thiophene rings is 1. The monoisotopic (exact) mass is 718 g/mol. The molecule has 0 bridgehead atoms. The summed E-state index contributed by atoms with van der Waals surface area (Å²) in [6, 6.07) is 25.4. The lowest BCUT2D eigenvalue weighted by Crippen LogP contribution is -2.51. The number of carboxylic acid groups (broad SMARTS) is 1. The van der Waals surface area contributed by atoms with Crippen LogP contribution in [-0.2, 0) is 21.4 Å². The Kier molecular flexibility index (Phi) is 12.2. The molecule has 3 N–H and O–H groups in total. The van der Waals surface area contributed by atoms with Crippen molar-refractivity contribution in [1.29, 1.82) is 0 Å². The van der Waals surface area contributed by atoms with Gasteiger partial charge in [0.2, 0.25) is 5.91 Å². The molecule has 2 atom stereocenters. The Balaban J connectivity index is 1.23. The highest BCUT2D eigenvalue weighted by Gasteiger charge is 2.26. The van der Waals surface area contributed by atoms with Crippen LogP contribution in [0.25, 0.3) is 33.6 Å². The highest BCUT2D eigenvalue weighted by Crippen LogP contribution is 2.30. The smallest absolute Gasteiger partial charge is 0.325 e. The van der Waals surface area contributed by atoms with E-state index in [1.165, 1.54) is 18.3 Å². The van der Waals surface area contributed by atoms with Crippen LogP contribution in [0.4, 0.5) is 0 Å². The minimum Gasteiger partial charge on any atom is -0.494 e. The van der Waals surface area contributed by atoms with Crippen LogP contribution in [0.15, 0.2) is 97.3 Å². The Morgan fingerprint density at radius 2 is 1.31 bits per heavy atom. The Hall–Kier alpha value is -5.35. The molecule has 0 radical (unpaired) electrons. The van der Waals surface area contributed by atoms with E-state index in [9.17, 15) is 19.5 Å². The van der Waals surface area contributed by atoms with Crippen LogP contribution in [0.1, 0.15) is 68.1 Å². The first-order chi connectivity index (χ1) is 24.8. The van der Waals surface area contributed by atoms with Crippen LogP contribution in [0.5, 0.6) is 5.75 Å². The van der Waals surface area contributed by atoms with Crippen molar-refractivity contribution in [2.75, 3.05) is 6.61 Å². The third kappa shape index (κ3) is 10.1. The summed E-state index contributed by atoms with van der Waals surface area (Å²) >= 11 is 1.37. The maximum atomic E-state index is 13.2. The molecule has 0 fully saturated rings. The fraction of sp³-hybridized carbons (Fsp3) is 0.310. The second-order valence-electron chi connectivity index (χ2n) is 14.3. The Morgan fingerprint density at radius 3 is 1.85 bits per heavy atom. The number of hydrogen-bond acceptors (Lipinski definition) is 7. The zero-order chi connectivity index (χ0) is 37.4. The van der Waals surface area contributed by atoms with E-state index < -0.39 is 24.0 Å². The number of amides is 2. The minimum absolute atomic E-state index is 0.120. The van der Waals surface area contributed by atoms with Crippen LogP contribution < -0.4 is 15.4 Å². The number of nitrogens with zero attached hydrogens (tertiary/aromatic N) is 2. The molecular formula is C42H46N4O5S. The second kappa shape index (κ2) is 16.8. The van der Waals surface area contributed by atoms with E-state index in [2.05, 4.69) is 91.6 Å². The first-order valence-corrected chi connectivity index (χ1v) is 18.3. The summed E-state index contributed by atoms with van der Waals surface area (Å²) in [6.07, 6.45) is 4.78. The lowest BCUT2D eigenvalue weighted by atomic mass is 9.95. The van der Waals surface area contributed by atoms with Gasteiger partial charge in [0.05, 0.1) is 11.5 Å². The molecule has 270 valence electrons. The summed E-state index contributed by atoms with van der Waals surface area (Å²) in [5.41, 5.74) is 5.55. The van der Waals surface area contributed by atoms with Crippen molar-refractivity contribution >= 4 is 29.1 Å². The molecule has 0 spiro atoms. The second-order valence-corrected chi connectivity index (χ2v) is 15.4. The average molecular weight is 719 g/mol. The van der Waals surface area contributed by atoms with E-state index >= 15 is 0 Å². The van der Waals surface area contributed by atoms with Gasteiger partial charge in [0, 0.05) is 34.8 Å². The van der Waals surface area contributed by atoms with Crippen molar-refractivity contribution < 1.29 is 24.2 Å². The number of benzene rings is 3. The number of rotatable bonds is 14. The fourth-order valence-corrected chi connectivity index (χ4v) is 6.31. The number of carbonyl (C=O) groups excluding carboxylic acids is 2. The van der Waals surface area contributed by atoms with Gasteiger partial charge in [-0.3, -0.25) is 14.4 Å². The van der Waals surface area contributed by atoms with Gasteiger partial charge in [0.1, 0.15) is 17.8 Å². The van der Waals surface area contributed by atoms with E-state index in [1.54, 1.807) is 18.5 Å². The third-order valence-corrected chi connectivity index (χ3v) is 10.1. The standard InChI is InChI=1S/C42H46N4O5S/c1-26(2)21-22-51-34-17-15-30(16-18-34)29-11-13-31(14-12-29)33-24-43-38(44-25-33)32-9-7-28(8-10-32)23-35(39(47)45-27(3)41(49)50)46-40(48)36-19-20-37(52-36)42(4,5)6/h7-20,24-27,35H,21-23H2,1-6H3,(H,45,47)(H,46,48)(H,49,50)/t27-,35+/m1/s1. The minimum atomic E-state index is -1.16. The van der Waals surface area contributed by atoms with E-state index in [1.807, 2.05) is 42.5 Å². The van der Waals surface area contributed by atoms with Crippen molar-refractivity contribution in [1.82, 2.24) is 20.6 Å². The van der Waals surface area contributed by atoms with Crippen molar-refractivity contribution in [2.45, 2.75) is 71.9 Å². The van der Waals surface area contributed by atoms with E-state index in [0.29, 0.717) is 23.2 Å². The highest BCUT2D eigenvalue weighted by molar-refractivity contribution is 7.14. The largest absolute Gasteiger partial charge is 0.494 e. The SMILES string of the molecule is CC(C)CCOc1ccc(-c2ccc(-c3cnc(-c4ccc(C[C@H](NC(=O)c5ccc(C(C)(C)C)s5)C(=O)N[C@H](C)C(=O)O)cc4)nc3)cc2)cc1. The van der Waals surface area contributed by atoms with Gasteiger partial charge in [-0.2, -0.15) is 0 Å². The van der Waals surface area contributed by atoms with Gasteiger partial charge in [0.25, 0.3) is 5.91 Å². The molecule has 2 heterocycles. The maximum absolute atomic E-state index is 13.2. The van der Waals surface area contributed by atoms with E-state index in [-0.39, 0.29) is 17.7 Å². The molecule has 5 aromatic rings. The van der Waals surface area contributed by atoms with Gasteiger partial charge in [-0.15, -0.1) is 11.3 Å². The number of nitrogens with one attached hydrogen (secondary N) is 2. The summed E-state index contributed by atoms with van der Waals surface area (Å²) in [4.78, 5) is 48.5. The summed E-state index contributed by atoms with van der Waals surface area (Å²) in [6.45, 7) is 12.7. The van der Waals surface area contributed by atoms with Gasteiger partial charge < -0.3 is 20.5 Å². The maximum Gasteiger partial charge on any atom is 0.325 e. The molecule has 0 aliphatic rings. The fourth-order valence-electron chi connectivity index (χ4n) is 5.34. The van der Waals surface area contributed by atoms with Crippen LogP contribution in [0.2, 0.25) is 0 Å². The van der Waals surface area contributed by atoms with Gasteiger partial charge in [-0.05, 0) is 71.2 Å². The van der Waals surface area contributed by atoms with E-state index in [0.717, 1.165) is 50.4 Å². The van der Waals surface area contributed by atoms with Crippen molar-refractivity contribution in [3.05, 3.63) is 113 Å². The summed E-state index contributed by atoms with van der Waals surface area (Å²) in [5.74, 6) is -0.0955. The van der Waals surface area contributed by atoms with Gasteiger partial charge >= 0.3 is 5.97 Å². The molecule has 52 heavy (non-hydrogen) atoms. The molecule has 10 heteroatoms. The summed E-state index contributed by atoms with van der Waals surface area (Å²) in [5, 5.41) is 14.6. The zero-order valence-corrected chi connectivity index (χ0v) is 31.3. The number of aliphatic carboxylic acids is 1. The molecule has 0 aliphatic carbocycles. The lowest BCUT2D eigenvalue weighted by Gasteiger charge is -2.20. The molecule has 5 rings (SSSR count). The van der Waals surface area contributed by atoms with Crippen LogP contribution in [0.3, 0.4) is 0 Å². The number of ether oxygens (including phenoxy) is 1. The highest BCUT2D eigenvalue weighted by atomic mass is 32.1.